The molecule has 1 atom stereocenters. The Kier molecular flexibility index (Phi) is 3.33. The van der Waals surface area contributed by atoms with Crippen molar-refractivity contribution < 1.29 is 0 Å². The molecule has 0 amide bonds. The Morgan fingerprint density at radius 1 is 1.53 bits per heavy atom. The highest BCUT2D eigenvalue weighted by molar-refractivity contribution is 7.80. The summed E-state index contributed by atoms with van der Waals surface area (Å²) in [6.07, 6.45) is 2.64. The number of nitrogens with zero attached hydrogens (tertiary/aromatic N) is 2. The van der Waals surface area contributed by atoms with E-state index in [-0.39, 0.29) is 0 Å². The fourth-order valence-electron chi connectivity index (χ4n) is 2.09. The third kappa shape index (κ3) is 2.57. The highest BCUT2D eigenvalue weighted by Crippen LogP contribution is 2.36. The molecule has 0 aromatic carbocycles. The summed E-state index contributed by atoms with van der Waals surface area (Å²) in [5, 5.41) is 0. The summed E-state index contributed by atoms with van der Waals surface area (Å²) in [7, 11) is 2.08. The van der Waals surface area contributed by atoms with Crippen LogP contribution in [0.1, 0.15) is 31.0 Å². The van der Waals surface area contributed by atoms with Crippen molar-refractivity contribution in [3.05, 3.63) is 23.4 Å². The topological polar surface area (TPSA) is 42.1 Å². The molecular weight excluding hydrogens is 230 g/mol. The van der Waals surface area contributed by atoms with Crippen LogP contribution in [-0.2, 0) is 0 Å². The van der Waals surface area contributed by atoms with E-state index in [0.29, 0.717) is 11.0 Å². The zero-order valence-electron chi connectivity index (χ0n) is 10.6. The van der Waals surface area contributed by atoms with Gasteiger partial charge in [-0.25, -0.2) is 4.98 Å². The van der Waals surface area contributed by atoms with Crippen molar-refractivity contribution >= 4 is 23.0 Å². The van der Waals surface area contributed by atoms with Gasteiger partial charge in [0.05, 0.1) is 5.56 Å². The number of hydrogen-bond acceptors (Lipinski definition) is 3. The Labute approximate surface area is 108 Å². The van der Waals surface area contributed by atoms with Gasteiger partial charge in [0, 0.05) is 18.8 Å². The van der Waals surface area contributed by atoms with E-state index in [2.05, 4.69) is 23.9 Å². The Hall–Kier alpha value is -1.16. The van der Waals surface area contributed by atoms with Crippen LogP contribution >= 0.6 is 12.2 Å². The van der Waals surface area contributed by atoms with Crippen LogP contribution in [0.5, 0.6) is 0 Å². The fraction of sp³-hybridized carbons (Fsp3) is 0.538. The number of anilines is 1. The Balaban J connectivity index is 2.34. The smallest absolute Gasteiger partial charge is 0.139 e. The molecule has 0 aliphatic heterocycles. The maximum Gasteiger partial charge on any atom is 0.139 e. The van der Waals surface area contributed by atoms with Gasteiger partial charge in [0.15, 0.2) is 0 Å². The number of nitrogens with two attached hydrogens (primary N) is 1. The molecule has 0 spiro atoms. The van der Waals surface area contributed by atoms with Gasteiger partial charge in [-0.2, -0.15) is 0 Å². The molecule has 3 nitrogen and oxygen atoms in total. The van der Waals surface area contributed by atoms with E-state index in [4.69, 9.17) is 18.0 Å². The first-order valence-corrected chi connectivity index (χ1v) is 6.42. The molecule has 1 aromatic rings. The van der Waals surface area contributed by atoms with Gasteiger partial charge < -0.3 is 10.6 Å². The minimum absolute atomic E-state index is 0.419. The first kappa shape index (κ1) is 12.3. The quantitative estimate of drug-likeness (QED) is 0.831. The van der Waals surface area contributed by atoms with Crippen LogP contribution in [0, 0.1) is 12.8 Å². The minimum Gasteiger partial charge on any atom is -0.389 e. The lowest BCUT2D eigenvalue weighted by Gasteiger charge is -2.28. The monoisotopic (exact) mass is 249 g/mol. The summed E-state index contributed by atoms with van der Waals surface area (Å²) in [6, 6.07) is 4.42. The third-order valence-electron chi connectivity index (χ3n) is 3.53. The standard InChI is InChI=1S/C13H19N3S/c1-8-4-7-11(12(14)17)13(15-8)16(3)9(2)10-5-6-10/h4,7,9-10H,5-6H2,1-3H3,(H2,14,17). The molecule has 1 aromatic heterocycles. The molecule has 92 valence electrons. The number of pyridine rings is 1. The highest BCUT2D eigenvalue weighted by atomic mass is 32.1. The van der Waals surface area contributed by atoms with Crippen molar-refractivity contribution in [2.24, 2.45) is 11.7 Å². The molecule has 1 heterocycles. The Morgan fingerprint density at radius 2 is 2.18 bits per heavy atom. The van der Waals surface area contributed by atoms with Crippen LogP contribution in [0.3, 0.4) is 0 Å². The first-order valence-electron chi connectivity index (χ1n) is 6.01. The van der Waals surface area contributed by atoms with E-state index in [1.807, 2.05) is 19.1 Å². The molecule has 0 radical (unpaired) electrons. The van der Waals surface area contributed by atoms with E-state index in [1.54, 1.807) is 0 Å². The maximum absolute atomic E-state index is 5.76. The largest absolute Gasteiger partial charge is 0.389 e. The molecule has 2 N–H and O–H groups in total. The van der Waals surface area contributed by atoms with Crippen molar-refractivity contribution in [1.29, 1.82) is 0 Å². The van der Waals surface area contributed by atoms with Crippen molar-refractivity contribution in [1.82, 2.24) is 4.98 Å². The van der Waals surface area contributed by atoms with Crippen molar-refractivity contribution in [2.75, 3.05) is 11.9 Å². The maximum atomic E-state index is 5.76. The van der Waals surface area contributed by atoms with Crippen LogP contribution in [-0.4, -0.2) is 23.1 Å². The lowest BCUT2D eigenvalue weighted by molar-refractivity contribution is 0.603. The lowest BCUT2D eigenvalue weighted by Crippen LogP contribution is -2.33. The van der Waals surface area contributed by atoms with E-state index in [1.165, 1.54) is 12.8 Å². The van der Waals surface area contributed by atoms with Crippen LogP contribution in [0.25, 0.3) is 0 Å². The van der Waals surface area contributed by atoms with E-state index in [9.17, 15) is 0 Å². The molecule has 0 saturated heterocycles. The van der Waals surface area contributed by atoms with Crippen LogP contribution in [0.15, 0.2) is 12.1 Å². The van der Waals surface area contributed by atoms with E-state index >= 15 is 0 Å². The summed E-state index contributed by atoms with van der Waals surface area (Å²) in [5.74, 6) is 1.71. The van der Waals surface area contributed by atoms with Crippen LogP contribution in [0.4, 0.5) is 5.82 Å². The summed E-state index contributed by atoms with van der Waals surface area (Å²) in [6.45, 7) is 4.23. The van der Waals surface area contributed by atoms with Crippen molar-refractivity contribution in [2.45, 2.75) is 32.7 Å². The van der Waals surface area contributed by atoms with Gasteiger partial charge in [-0.15, -0.1) is 0 Å². The number of aromatic nitrogens is 1. The Bertz CT molecular complexity index is 440. The molecule has 2 rings (SSSR count). The Morgan fingerprint density at radius 3 is 2.71 bits per heavy atom. The molecule has 1 saturated carbocycles. The number of aryl methyl sites for hydroxylation is 1. The number of rotatable bonds is 4. The second kappa shape index (κ2) is 4.61. The van der Waals surface area contributed by atoms with Gasteiger partial charge in [-0.1, -0.05) is 12.2 Å². The summed E-state index contributed by atoms with van der Waals surface area (Å²) >= 11 is 5.09. The van der Waals surface area contributed by atoms with Crippen LogP contribution in [0.2, 0.25) is 0 Å². The van der Waals surface area contributed by atoms with Gasteiger partial charge in [-0.3, -0.25) is 0 Å². The normalized spacial score (nSPS) is 16.6. The van der Waals surface area contributed by atoms with E-state index < -0.39 is 0 Å². The van der Waals surface area contributed by atoms with Crippen LogP contribution < -0.4 is 10.6 Å². The summed E-state index contributed by atoms with van der Waals surface area (Å²) in [5.41, 5.74) is 7.63. The van der Waals surface area contributed by atoms with Gasteiger partial charge in [0.1, 0.15) is 10.8 Å². The minimum atomic E-state index is 0.419. The van der Waals surface area contributed by atoms with E-state index in [0.717, 1.165) is 23.0 Å². The highest BCUT2D eigenvalue weighted by Gasteiger charge is 2.31. The molecule has 1 aliphatic carbocycles. The SMILES string of the molecule is Cc1ccc(C(N)=S)c(N(C)C(C)C2CC2)n1. The first-order chi connectivity index (χ1) is 8.00. The average Bonchev–Trinajstić information content (AvgIpc) is 3.10. The zero-order valence-corrected chi connectivity index (χ0v) is 11.4. The van der Waals surface area contributed by atoms with Gasteiger partial charge in [0.25, 0.3) is 0 Å². The number of thiocarbonyl (C=S) groups is 1. The lowest BCUT2D eigenvalue weighted by atomic mass is 10.1. The van der Waals surface area contributed by atoms with Gasteiger partial charge in [0.2, 0.25) is 0 Å². The second-order valence-corrected chi connectivity index (χ2v) is 5.32. The fourth-order valence-corrected chi connectivity index (χ4v) is 2.25. The molecule has 1 aliphatic rings. The average molecular weight is 249 g/mol. The number of hydrogen-bond donors (Lipinski definition) is 1. The summed E-state index contributed by atoms with van der Waals surface area (Å²) < 4.78 is 0. The molecular formula is C13H19N3S. The predicted molar refractivity (Wildman–Crippen MR) is 75.5 cm³/mol. The third-order valence-corrected chi connectivity index (χ3v) is 3.75. The molecule has 0 bridgehead atoms. The van der Waals surface area contributed by atoms with Crippen molar-refractivity contribution in [3.63, 3.8) is 0 Å². The predicted octanol–water partition coefficient (Wildman–Crippen LogP) is 2.26. The molecule has 4 heteroatoms. The molecule has 17 heavy (non-hydrogen) atoms. The second-order valence-electron chi connectivity index (χ2n) is 4.88. The van der Waals surface area contributed by atoms with Crippen molar-refractivity contribution in [3.8, 4) is 0 Å². The molecule has 1 fully saturated rings. The van der Waals surface area contributed by atoms with Gasteiger partial charge in [-0.05, 0) is 44.7 Å². The summed E-state index contributed by atoms with van der Waals surface area (Å²) in [4.78, 5) is 7.21. The van der Waals surface area contributed by atoms with Gasteiger partial charge >= 0.3 is 0 Å². The molecule has 1 unspecified atom stereocenters. The zero-order chi connectivity index (χ0) is 12.6.